The smallest absolute Gasteiger partial charge is 0.407 e. The average molecular weight is 287 g/mol. The molecule has 0 spiro atoms. The highest BCUT2D eigenvalue weighted by Crippen LogP contribution is 2.10. The van der Waals surface area contributed by atoms with E-state index in [1.807, 2.05) is 6.92 Å². The molecule has 0 aromatic rings. The van der Waals surface area contributed by atoms with Crippen LogP contribution in [0.2, 0.25) is 0 Å². The molecule has 1 rings (SSSR count). The van der Waals surface area contributed by atoms with Crippen LogP contribution in [0.25, 0.3) is 0 Å². The Labute approximate surface area is 117 Å². The number of ether oxygens (including phenoxy) is 1. The Hall–Kier alpha value is -1.99. The number of carbonyl (C=O) groups excluding carboxylic acids is 2. The first-order valence-corrected chi connectivity index (χ1v) is 6.60. The summed E-state index contributed by atoms with van der Waals surface area (Å²) in [6, 6.07) is -1.46. The summed E-state index contributed by atoms with van der Waals surface area (Å²) in [5.41, 5.74) is 0. The number of hydrogen-bond donors (Lipinski definition) is 3. The fourth-order valence-electron chi connectivity index (χ4n) is 2.07. The van der Waals surface area contributed by atoms with E-state index in [1.54, 1.807) is 0 Å². The van der Waals surface area contributed by atoms with Gasteiger partial charge in [0.2, 0.25) is 0 Å². The lowest BCUT2D eigenvalue weighted by Gasteiger charge is -2.21. The molecule has 3 N–H and O–H groups in total. The highest BCUT2D eigenvalue weighted by Gasteiger charge is 2.29. The Morgan fingerprint density at radius 1 is 1.45 bits per heavy atom. The van der Waals surface area contributed by atoms with E-state index in [1.165, 1.54) is 12.0 Å². The van der Waals surface area contributed by atoms with E-state index in [2.05, 4.69) is 15.4 Å². The van der Waals surface area contributed by atoms with Gasteiger partial charge in [0, 0.05) is 13.1 Å². The van der Waals surface area contributed by atoms with Gasteiger partial charge in [-0.1, -0.05) is 13.3 Å². The summed E-state index contributed by atoms with van der Waals surface area (Å²) in [5.74, 6) is -1.04. The quantitative estimate of drug-likeness (QED) is 0.677. The fraction of sp³-hybridized carbons (Fsp3) is 0.750. The summed E-state index contributed by atoms with van der Waals surface area (Å²) in [5, 5.41) is 14.1. The highest BCUT2D eigenvalue weighted by atomic mass is 16.5. The maximum atomic E-state index is 11.9. The number of carbonyl (C=O) groups is 3. The molecule has 0 saturated carbocycles. The molecule has 114 valence electrons. The number of rotatable bonds is 5. The third-order valence-electron chi connectivity index (χ3n) is 3.16. The van der Waals surface area contributed by atoms with Crippen molar-refractivity contribution >= 4 is 18.1 Å². The second-order valence-corrected chi connectivity index (χ2v) is 4.70. The van der Waals surface area contributed by atoms with Crippen LogP contribution in [0.15, 0.2) is 0 Å². The van der Waals surface area contributed by atoms with Gasteiger partial charge in [-0.2, -0.15) is 0 Å². The zero-order valence-electron chi connectivity index (χ0n) is 11.7. The van der Waals surface area contributed by atoms with Crippen LogP contribution in [-0.4, -0.2) is 60.4 Å². The molecule has 0 radical (unpaired) electrons. The molecule has 0 aromatic carbocycles. The van der Waals surface area contributed by atoms with Crippen LogP contribution in [0, 0.1) is 0 Å². The zero-order valence-corrected chi connectivity index (χ0v) is 11.7. The zero-order chi connectivity index (χ0) is 15.1. The molecule has 0 aliphatic carbocycles. The number of hydrogen-bond acceptors (Lipinski definition) is 4. The normalized spacial score (nSPS) is 19.3. The van der Waals surface area contributed by atoms with Crippen LogP contribution in [0.3, 0.4) is 0 Å². The molecule has 3 amide bonds. The van der Waals surface area contributed by atoms with E-state index in [4.69, 9.17) is 5.11 Å². The molecule has 1 aliphatic heterocycles. The monoisotopic (exact) mass is 287 g/mol. The maximum Gasteiger partial charge on any atom is 0.407 e. The third kappa shape index (κ3) is 4.60. The Bertz CT molecular complexity index is 374. The minimum Gasteiger partial charge on any atom is -0.480 e. The number of nitrogens with one attached hydrogen (secondary N) is 2. The van der Waals surface area contributed by atoms with Crippen molar-refractivity contribution in [2.24, 2.45) is 0 Å². The molecule has 1 heterocycles. The van der Waals surface area contributed by atoms with Crippen molar-refractivity contribution in [2.75, 3.05) is 20.2 Å². The Balaban J connectivity index is 2.45. The fourth-order valence-corrected chi connectivity index (χ4v) is 2.07. The second kappa shape index (κ2) is 7.56. The molecular weight excluding hydrogens is 266 g/mol. The van der Waals surface area contributed by atoms with Crippen molar-refractivity contribution < 1.29 is 24.2 Å². The number of alkyl carbamates (subject to hydrolysis) is 1. The minimum atomic E-state index is -1.04. The summed E-state index contributed by atoms with van der Waals surface area (Å²) < 4.78 is 4.49. The van der Waals surface area contributed by atoms with E-state index in [-0.39, 0.29) is 6.04 Å². The van der Waals surface area contributed by atoms with Gasteiger partial charge >= 0.3 is 18.1 Å². The summed E-state index contributed by atoms with van der Waals surface area (Å²) >= 11 is 0. The van der Waals surface area contributed by atoms with Crippen LogP contribution in [-0.2, 0) is 9.53 Å². The molecule has 0 aromatic heterocycles. The lowest BCUT2D eigenvalue weighted by Crippen LogP contribution is -2.48. The van der Waals surface area contributed by atoms with Crippen LogP contribution in [0.5, 0.6) is 0 Å². The predicted molar refractivity (Wildman–Crippen MR) is 70.4 cm³/mol. The van der Waals surface area contributed by atoms with E-state index in [9.17, 15) is 14.4 Å². The topological polar surface area (TPSA) is 108 Å². The molecular formula is C12H21N3O5. The van der Waals surface area contributed by atoms with Crippen molar-refractivity contribution in [2.45, 2.75) is 38.3 Å². The van der Waals surface area contributed by atoms with Gasteiger partial charge < -0.3 is 25.4 Å². The van der Waals surface area contributed by atoms with Crippen LogP contribution >= 0.6 is 0 Å². The van der Waals surface area contributed by atoms with Gasteiger partial charge in [0.1, 0.15) is 6.04 Å². The summed E-state index contributed by atoms with van der Waals surface area (Å²) in [6.45, 7) is 2.67. The van der Waals surface area contributed by atoms with E-state index in [0.29, 0.717) is 32.4 Å². The summed E-state index contributed by atoms with van der Waals surface area (Å²) in [6.07, 6.45) is 1.14. The number of methoxy groups -OCH3 is 1. The summed E-state index contributed by atoms with van der Waals surface area (Å²) in [7, 11) is 1.27. The molecule has 1 fully saturated rings. The molecule has 1 saturated heterocycles. The third-order valence-corrected chi connectivity index (χ3v) is 3.16. The van der Waals surface area contributed by atoms with Crippen molar-refractivity contribution in [1.82, 2.24) is 15.5 Å². The largest absolute Gasteiger partial charge is 0.480 e. The first-order valence-electron chi connectivity index (χ1n) is 6.60. The van der Waals surface area contributed by atoms with Gasteiger partial charge in [-0.25, -0.2) is 14.4 Å². The van der Waals surface area contributed by atoms with Gasteiger partial charge in [0.15, 0.2) is 0 Å². The number of urea groups is 1. The van der Waals surface area contributed by atoms with Crippen LogP contribution in [0.4, 0.5) is 9.59 Å². The van der Waals surface area contributed by atoms with Crippen molar-refractivity contribution in [3.63, 3.8) is 0 Å². The Morgan fingerprint density at radius 3 is 2.70 bits per heavy atom. The van der Waals surface area contributed by atoms with Gasteiger partial charge in [0.25, 0.3) is 0 Å². The van der Waals surface area contributed by atoms with Gasteiger partial charge in [-0.3, -0.25) is 0 Å². The Morgan fingerprint density at radius 2 is 2.15 bits per heavy atom. The average Bonchev–Trinajstić information content (AvgIpc) is 2.86. The van der Waals surface area contributed by atoms with Crippen LogP contribution < -0.4 is 10.6 Å². The number of carboxylic acid groups (broad SMARTS) is 1. The Kier molecular flexibility index (Phi) is 6.08. The molecule has 1 unspecified atom stereocenters. The molecule has 8 nitrogen and oxygen atoms in total. The minimum absolute atomic E-state index is 0.164. The molecule has 8 heteroatoms. The van der Waals surface area contributed by atoms with Crippen molar-refractivity contribution in [1.29, 1.82) is 0 Å². The molecule has 0 bridgehead atoms. The second-order valence-electron chi connectivity index (χ2n) is 4.70. The molecule has 1 aliphatic rings. The maximum absolute atomic E-state index is 11.9. The van der Waals surface area contributed by atoms with Crippen molar-refractivity contribution in [3.8, 4) is 0 Å². The lowest BCUT2D eigenvalue weighted by atomic mass is 10.2. The number of aliphatic carboxylic acids is 1. The first-order chi connectivity index (χ1) is 9.47. The number of carboxylic acids is 1. The molecule has 2 atom stereocenters. The highest BCUT2D eigenvalue weighted by molar-refractivity contribution is 5.82. The SMILES string of the molecule is CCC[C@H](NC(=O)N1CCC(NC(=O)OC)C1)C(=O)O. The number of amides is 3. The van der Waals surface area contributed by atoms with Crippen molar-refractivity contribution in [3.05, 3.63) is 0 Å². The first kappa shape index (κ1) is 16.1. The number of likely N-dealkylation sites (tertiary alicyclic amines) is 1. The van der Waals surface area contributed by atoms with Gasteiger partial charge in [0.05, 0.1) is 13.2 Å². The standard InChI is InChI=1S/C12H21N3O5/c1-3-4-9(10(16)17)14-11(18)15-6-5-8(7-15)13-12(19)20-2/h8-9H,3-7H2,1-2H3,(H,13,19)(H,14,18)(H,16,17)/t8?,9-/m0/s1. The molecule has 20 heavy (non-hydrogen) atoms. The van der Waals surface area contributed by atoms with Gasteiger partial charge in [-0.05, 0) is 12.8 Å². The predicted octanol–water partition coefficient (Wildman–Crippen LogP) is 0.380. The van der Waals surface area contributed by atoms with E-state index >= 15 is 0 Å². The van der Waals surface area contributed by atoms with E-state index in [0.717, 1.165) is 0 Å². The number of nitrogens with zero attached hydrogens (tertiary/aromatic N) is 1. The van der Waals surface area contributed by atoms with Gasteiger partial charge in [-0.15, -0.1) is 0 Å². The van der Waals surface area contributed by atoms with Crippen LogP contribution in [0.1, 0.15) is 26.2 Å². The van der Waals surface area contributed by atoms with E-state index < -0.39 is 24.1 Å². The lowest BCUT2D eigenvalue weighted by molar-refractivity contribution is -0.139. The summed E-state index contributed by atoms with van der Waals surface area (Å²) in [4.78, 5) is 35.5.